The molecule has 1 fully saturated rings. The van der Waals surface area contributed by atoms with E-state index in [9.17, 15) is 4.79 Å². The summed E-state index contributed by atoms with van der Waals surface area (Å²) in [6.45, 7) is 4.15. The van der Waals surface area contributed by atoms with Gasteiger partial charge >= 0.3 is 6.09 Å². The molecule has 146 valence electrons. The van der Waals surface area contributed by atoms with Gasteiger partial charge in [-0.15, -0.1) is 0 Å². The Morgan fingerprint density at radius 1 is 1.21 bits per heavy atom. The highest BCUT2D eigenvalue weighted by atomic mass is 16.5. The van der Waals surface area contributed by atoms with Gasteiger partial charge in [0.15, 0.2) is 5.75 Å². The molecule has 28 heavy (non-hydrogen) atoms. The predicted octanol–water partition coefficient (Wildman–Crippen LogP) is 2.98. The first-order valence-corrected chi connectivity index (χ1v) is 9.58. The number of imidazole rings is 1. The number of H-pyrrole nitrogens is 1. The van der Waals surface area contributed by atoms with Gasteiger partial charge in [-0.25, -0.2) is 14.8 Å². The quantitative estimate of drug-likeness (QED) is 0.606. The van der Waals surface area contributed by atoms with Gasteiger partial charge in [-0.3, -0.25) is 0 Å². The Balaban J connectivity index is 1.55. The minimum Gasteiger partial charge on any atom is -0.408 e. The minimum atomic E-state index is -0.863. The number of amides is 1. The number of likely N-dealkylation sites (tertiary alicyclic amines) is 1. The Kier molecular flexibility index (Phi) is 5.38. The van der Waals surface area contributed by atoms with Crippen molar-refractivity contribution in [3.8, 4) is 17.1 Å². The zero-order valence-electron chi connectivity index (χ0n) is 15.6. The second kappa shape index (κ2) is 8.26. The summed E-state index contributed by atoms with van der Waals surface area (Å²) >= 11 is 0. The molecule has 0 saturated carbocycles. The summed E-state index contributed by atoms with van der Waals surface area (Å²) in [6, 6.07) is 9.16. The molecule has 1 aliphatic heterocycles. The number of aromatic nitrogens is 3. The lowest BCUT2D eigenvalue weighted by Crippen LogP contribution is -2.33. The Hall–Kier alpha value is -3.13. The Bertz CT molecular complexity index is 964. The molecule has 0 bridgehead atoms. The fourth-order valence-electron chi connectivity index (χ4n) is 3.58. The predicted molar refractivity (Wildman–Crippen MR) is 108 cm³/mol. The molecule has 1 aliphatic rings. The van der Waals surface area contributed by atoms with E-state index in [2.05, 4.69) is 25.2 Å². The molecule has 4 N–H and O–H groups in total. The van der Waals surface area contributed by atoms with Crippen molar-refractivity contribution in [3.63, 3.8) is 0 Å². The average molecular weight is 380 g/mol. The number of rotatable bonds is 6. The van der Waals surface area contributed by atoms with Gasteiger partial charge in [-0.1, -0.05) is 12.5 Å². The van der Waals surface area contributed by atoms with Gasteiger partial charge in [-0.05, 0) is 50.2 Å². The molecule has 0 aliphatic carbocycles. The number of primary amides is 1. The summed E-state index contributed by atoms with van der Waals surface area (Å²) in [7, 11) is 0. The number of nitrogens with one attached hydrogen (secondary N) is 2. The second-order valence-corrected chi connectivity index (χ2v) is 6.89. The highest BCUT2D eigenvalue weighted by Gasteiger charge is 2.15. The highest BCUT2D eigenvalue weighted by molar-refractivity contribution is 5.88. The Morgan fingerprint density at radius 2 is 2.07 bits per heavy atom. The van der Waals surface area contributed by atoms with Crippen molar-refractivity contribution in [2.24, 2.45) is 5.73 Å². The third kappa shape index (κ3) is 4.07. The van der Waals surface area contributed by atoms with Gasteiger partial charge in [0.2, 0.25) is 0 Å². The first-order valence-electron chi connectivity index (χ1n) is 9.58. The van der Waals surface area contributed by atoms with Crippen LogP contribution in [0.4, 0.5) is 10.6 Å². The molecule has 2 aromatic heterocycles. The monoisotopic (exact) mass is 380 g/mol. The number of nitrogens with two attached hydrogens (primary N) is 1. The van der Waals surface area contributed by atoms with Crippen molar-refractivity contribution in [2.75, 3.05) is 31.5 Å². The number of ether oxygens (including phenoxy) is 1. The fourth-order valence-corrected chi connectivity index (χ4v) is 3.58. The van der Waals surface area contributed by atoms with Gasteiger partial charge in [-0.2, -0.15) is 0 Å². The summed E-state index contributed by atoms with van der Waals surface area (Å²) in [5.74, 6) is 1.76. The molecular formula is C20H24N6O2. The van der Waals surface area contributed by atoms with Crippen LogP contribution in [0.3, 0.4) is 0 Å². The first-order chi connectivity index (χ1) is 13.7. The van der Waals surface area contributed by atoms with Crippen LogP contribution in [0.2, 0.25) is 0 Å². The second-order valence-electron chi connectivity index (χ2n) is 6.89. The van der Waals surface area contributed by atoms with Crippen LogP contribution in [0.1, 0.15) is 19.3 Å². The van der Waals surface area contributed by atoms with E-state index in [1.165, 1.54) is 32.4 Å². The van der Waals surface area contributed by atoms with E-state index >= 15 is 0 Å². The largest absolute Gasteiger partial charge is 0.410 e. The Morgan fingerprint density at radius 3 is 2.89 bits per heavy atom. The van der Waals surface area contributed by atoms with Crippen LogP contribution in [-0.4, -0.2) is 52.1 Å². The average Bonchev–Trinajstić information content (AvgIpc) is 3.14. The van der Waals surface area contributed by atoms with Crippen LogP contribution < -0.4 is 15.8 Å². The zero-order chi connectivity index (χ0) is 19.3. The molecule has 3 aromatic rings. The molecule has 8 heteroatoms. The molecule has 0 spiro atoms. The van der Waals surface area contributed by atoms with Crippen LogP contribution >= 0.6 is 0 Å². The topological polar surface area (TPSA) is 109 Å². The summed E-state index contributed by atoms with van der Waals surface area (Å²) in [4.78, 5) is 26.0. The van der Waals surface area contributed by atoms with E-state index in [4.69, 9.17) is 10.5 Å². The first kappa shape index (κ1) is 18.2. The van der Waals surface area contributed by atoms with E-state index in [-0.39, 0.29) is 0 Å². The zero-order valence-corrected chi connectivity index (χ0v) is 15.6. The van der Waals surface area contributed by atoms with Crippen LogP contribution in [0.25, 0.3) is 22.4 Å². The van der Waals surface area contributed by atoms with Crippen molar-refractivity contribution in [3.05, 3.63) is 36.5 Å². The van der Waals surface area contributed by atoms with Crippen LogP contribution in [0.5, 0.6) is 5.75 Å². The molecular weight excluding hydrogens is 356 g/mol. The molecule has 1 amide bonds. The van der Waals surface area contributed by atoms with Gasteiger partial charge in [0.1, 0.15) is 17.2 Å². The lowest BCUT2D eigenvalue weighted by atomic mass is 10.1. The number of carbonyl (C=O) groups is 1. The minimum absolute atomic E-state index is 0.330. The van der Waals surface area contributed by atoms with E-state index in [1.807, 2.05) is 18.2 Å². The number of hydrogen-bond acceptors (Lipinski definition) is 6. The van der Waals surface area contributed by atoms with Gasteiger partial charge in [0, 0.05) is 19.3 Å². The van der Waals surface area contributed by atoms with E-state index in [0.717, 1.165) is 30.0 Å². The maximum atomic E-state index is 11.1. The van der Waals surface area contributed by atoms with Gasteiger partial charge in [0.05, 0.1) is 11.1 Å². The van der Waals surface area contributed by atoms with Gasteiger partial charge in [0.25, 0.3) is 0 Å². The summed E-state index contributed by atoms with van der Waals surface area (Å²) in [6.07, 6.45) is 4.80. The number of fused-ring (bicyclic) bond motifs is 1. The van der Waals surface area contributed by atoms with Crippen molar-refractivity contribution in [1.82, 2.24) is 19.9 Å². The maximum absolute atomic E-state index is 11.1. The van der Waals surface area contributed by atoms with Crippen molar-refractivity contribution in [1.29, 1.82) is 0 Å². The number of aromatic amines is 1. The number of nitrogens with zero attached hydrogens (tertiary/aromatic N) is 3. The van der Waals surface area contributed by atoms with Crippen LogP contribution in [0, 0.1) is 0 Å². The van der Waals surface area contributed by atoms with Crippen LogP contribution in [0.15, 0.2) is 36.5 Å². The number of benzene rings is 1. The molecule has 0 unspecified atom stereocenters. The standard InChI is InChI=1S/C20H24N6O2/c21-20(27)28-16-8-4-7-15-17(16)25-19(24-15)14-6-5-9-22-18(14)23-10-13-26-11-2-1-3-12-26/h4-9H,1-3,10-13H2,(H2,21,27)(H,22,23)(H,24,25). The van der Waals surface area contributed by atoms with E-state index < -0.39 is 6.09 Å². The molecule has 0 atom stereocenters. The number of carbonyl (C=O) groups excluding carboxylic acids is 1. The molecule has 4 rings (SSSR count). The number of pyridine rings is 1. The lowest BCUT2D eigenvalue weighted by Gasteiger charge is -2.26. The smallest absolute Gasteiger partial charge is 0.408 e. The summed E-state index contributed by atoms with van der Waals surface area (Å²) in [5, 5.41) is 3.43. The lowest BCUT2D eigenvalue weighted by molar-refractivity contribution is 0.211. The third-order valence-corrected chi connectivity index (χ3v) is 4.92. The molecule has 0 radical (unpaired) electrons. The Labute approximate surface area is 163 Å². The van der Waals surface area contributed by atoms with Crippen molar-refractivity contribution < 1.29 is 9.53 Å². The maximum Gasteiger partial charge on any atom is 0.410 e. The number of piperidine rings is 1. The summed E-state index contributed by atoms with van der Waals surface area (Å²) in [5.41, 5.74) is 7.33. The number of hydrogen-bond donors (Lipinski definition) is 3. The van der Waals surface area contributed by atoms with E-state index in [0.29, 0.717) is 17.1 Å². The molecule has 1 aromatic carbocycles. The summed E-state index contributed by atoms with van der Waals surface area (Å²) < 4.78 is 5.06. The normalized spacial score (nSPS) is 14.9. The van der Waals surface area contributed by atoms with Crippen molar-refractivity contribution >= 4 is 22.9 Å². The number of anilines is 1. The molecule has 8 nitrogen and oxygen atoms in total. The third-order valence-electron chi connectivity index (χ3n) is 4.92. The molecule has 1 saturated heterocycles. The highest BCUT2D eigenvalue weighted by Crippen LogP contribution is 2.30. The van der Waals surface area contributed by atoms with Crippen LogP contribution in [-0.2, 0) is 0 Å². The van der Waals surface area contributed by atoms with Gasteiger partial charge < -0.3 is 25.7 Å². The molecule has 3 heterocycles. The van der Waals surface area contributed by atoms with Crippen molar-refractivity contribution in [2.45, 2.75) is 19.3 Å². The fraction of sp³-hybridized carbons (Fsp3) is 0.350. The SMILES string of the molecule is NC(=O)Oc1cccc2[nH]c(-c3cccnc3NCCN3CCCCC3)nc12. The van der Waals surface area contributed by atoms with E-state index in [1.54, 1.807) is 18.3 Å². The number of para-hydroxylation sites is 1.